The van der Waals surface area contributed by atoms with Gasteiger partial charge in [0.05, 0.1) is 17.3 Å². The fraction of sp³-hybridized carbons (Fsp3) is 0.533. The topological polar surface area (TPSA) is 53.1 Å². The molecule has 0 radical (unpaired) electrons. The normalized spacial score (nSPS) is 18.7. The van der Waals surface area contributed by atoms with Gasteiger partial charge in [0.1, 0.15) is 0 Å². The average molecular weight is 259 g/mol. The molecule has 1 aromatic heterocycles. The maximum absolute atomic E-state index is 6.33. The van der Waals surface area contributed by atoms with Crippen LogP contribution in [-0.4, -0.2) is 29.0 Å². The van der Waals surface area contributed by atoms with Gasteiger partial charge in [-0.3, -0.25) is 4.68 Å². The Bertz CT molecular complexity index is 574. The van der Waals surface area contributed by atoms with Crippen molar-refractivity contribution in [1.82, 2.24) is 9.78 Å². The molecule has 4 nitrogen and oxygen atoms in total. The van der Waals surface area contributed by atoms with Crippen LogP contribution >= 0.6 is 0 Å². The second kappa shape index (κ2) is 4.94. The van der Waals surface area contributed by atoms with E-state index in [4.69, 9.17) is 10.5 Å². The van der Waals surface area contributed by atoms with E-state index in [1.165, 1.54) is 18.2 Å². The second-order valence-electron chi connectivity index (χ2n) is 5.49. The van der Waals surface area contributed by atoms with Crippen LogP contribution in [0.25, 0.3) is 10.9 Å². The minimum atomic E-state index is 0.0239. The molecule has 0 saturated heterocycles. The molecular formula is C15H21N3O. The lowest BCUT2D eigenvalue weighted by Crippen LogP contribution is -2.39. The number of aryl methyl sites for hydroxylation is 1. The van der Waals surface area contributed by atoms with E-state index in [1.54, 1.807) is 7.11 Å². The maximum atomic E-state index is 6.33. The lowest BCUT2D eigenvalue weighted by molar-refractivity contribution is 0.0624. The molecule has 0 spiro atoms. The van der Waals surface area contributed by atoms with E-state index in [0.717, 1.165) is 17.6 Å². The summed E-state index contributed by atoms with van der Waals surface area (Å²) < 4.78 is 7.49. The van der Waals surface area contributed by atoms with Crippen molar-refractivity contribution in [2.75, 3.05) is 7.11 Å². The van der Waals surface area contributed by atoms with Gasteiger partial charge in [-0.25, -0.2) is 0 Å². The summed E-state index contributed by atoms with van der Waals surface area (Å²) in [6.45, 7) is 0. The molecule has 0 amide bonds. The van der Waals surface area contributed by atoms with Gasteiger partial charge < -0.3 is 10.5 Å². The number of para-hydroxylation sites is 1. The molecule has 1 aliphatic rings. The number of hydrogen-bond donors (Lipinski definition) is 1. The van der Waals surface area contributed by atoms with Crippen molar-refractivity contribution in [3.05, 3.63) is 30.0 Å². The number of ether oxygens (including phenoxy) is 1. The number of methoxy groups -OCH3 is 1. The number of rotatable bonds is 5. The molecular weight excluding hydrogens is 238 g/mol. The van der Waals surface area contributed by atoms with Gasteiger partial charge in [-0.1, -0.05) is 18.2 Å². The number of nitrogens with two attached hydrogens (primary N) is 1. The Morgan fingerprint density at radius 2 is 2.16 bits per heavy atom. The Morgan fingerprint density at radius 3 is 2.84 bits per heavy atom. The monoisotopic (exact) mass is 259 g/mol. The first-order valence-electron chi connectivity index (χ1n) is 6.89. The molecule has 19 heavy (non-hydrogen) atoms. The van der Waals surface area contributed by atoms with Crippen molar-refractivity contribution in [2.45, 2.75) is 31.4 Å². The average Bonchev–Trinajstić information content (AvgIpc) is 3.18. The van der Waals surface area contributed by atoms with Gasteiger partial charge >= 0.3 is 0 Å². The van der Waals surface area contributed by atoms with Gasteiger partial charge in [-0.15, -0.1) is 0 Å². The Kier molecular flexibility index (Phi) is 3.29. The van der Waals surface area contributed by atoms with Crippen LogP contribution in [0.4, 0.5) is 0 Å². The molecule has 1 heterocycles. The second-order valence-corrected chi connectivity index (χ2v) is 5.49. The van der Waals surface area contributed by atoms with E-state index < -0.39 is 0 Å². The Hall–Kier alpha value is -1.39. The lowest BCUT2D eigenvalue weighted by Gasteiger charge is -2.21. The van der Waals surface area contributed by atoms with Crippen molar-refractivity contribution in [3.63, 3.8) is 0 Å². The van der Waals surface area contributed by atoms with E-state index in [-0.39, 0.29) is 12.1 Å². The van der Waals surface area contributed by atoms with Crippen molar-refractivity contribution in [2.24, 2.45) is 18.7 Å². The third kappa shape index (κ3) is 2.38. The van der Waals surface area contributed by atoms with Crippen molar-refractivity contribution < 1.29 is 4.74 Å². The third-order valence-corrected chi connectivity index (χ3v) is 4.04. The molecule has 3 rings (SSSR count). The Morgan fingerprint density at radius 1 is 1.42 bits per heavy atom. The van der Waals surface area contributed by atoms with Crippen LogP contribution in [0.3, 0.4) is 0 Å². The van der Waals surface area contributed by atoms with E-state index in [2.05, 4.69) is 17.2 Å². The summed E-state index contributed by atoms with van der Waals surface area (Å²) in [5, 5.41) is 5.81. The van der Waals surface area contributed by atoms with Crippen LogP contribution in [0.2, 0.25) is 0 Å². The molecule has 102 valence electrons. The Labute approximate surface area is 113 Å². The molecule has 1 aromatic carbocycles. The van der Waals surface area contributed by atoms with Crippen molar-refractivity contribution in [1.29, 1.82) is 0 Å². The number of hydrogen-bond acceptors (Lipinski definition) is 3. The molecule has 1 saturated carbocycles. The minimum Gasteiger partial charge on any atom is -0.380 e. The largest absolute Gasteiger partial charge is 0.380 e. The van der Waals surface area contributed by atoms with Gasteiger partial charge in [0.15, 0.2) is 0 Å². The highest BCUT2D eigenvalue weighted by Gasteiger charge is 2.35. The number of nitrogens with zero attached hydrogens (tertiary/aromatic N) is 2. The van der Waals surface area contributed by atoms with Crippen LogP contribution in [0.5, 0.6) is 0 Å². The molecule has 2 aromatic rings. The fourth-order valence-corrected chi connectivity index (χ4v) is 2.92. The lowest BCUT2D eigenvalue weighted by atomic mass is 10.0. The summed E-state index contributed by atoms with van der Waals surface area (Å²) in [5.74, 6) is 0.648. The van der Waals surface area contributed by atoms with Crippen molar-refractivity contribution in [3.8, 4) is 0 Å². The quantitative estimate of drug-likeness (QED) is 0.892. The van der Waals surface area contributed by atoms with Crippen LogP contribution in [0, 0.1) is 5.92 Å². The zero-order valence-electron chi connectivity index (χ0n) is 11.5. The summed E-state index contributed by atoms with van der Waals surface area (Å²) >= 11 is 0. The summed E-state index contributed by atoms with van der Waals surface area (Å²) in [5.41, 5.74) is 8.56. The standard InChI is InChI=1S/C15H21N3O/c1-18-14-6-4-3-5-11(14)13(17-18)9-12(16)15(19-2)10-7-8-10/h3-6,10,12,15H,7-9,16H2,1-2H3. The minimum absolute atomic E-state index is 0.0239. The molecule has 0 bridgehead atoms. The molecule has 1 aliphatic carbocycles. The molecule has 1 fully saturated rings. The van der Waals surface area contributed by atoms with Crippen LogP contribution in [0.15, 0.2) is 24.3 Å². The van der Waals surface area contributed by atoms with Gasteiger partial charge in [0.25, 0.3) is 0 Å². The van der Waals surface area contributed by atoms with Gasteiger partial charge in [0.2, 0.25) is 0 Å². The SMILES string of the molecule is COC(C(N)Cc1nn(C)c2ccccc12)C1CC1. The van der Waals surface area contributed by atoms with E-state index in [0.29, 0.717) is 5.92 Å². The summed E-state index contributed by atoms with van der Waals surface area (Å²) in [4.78, 5) is 0. The van der Waals surface area contributed by atoms with Crippen LogP contribution < -0.4 is 5.73 Å². The fourth-order valence-electron chi connectivity index (χ4n) is 2.92. The van der Waals surface area contributed by atoms with Gasteiger partial charge in [-0.05, 0) is 24.8 Å². The number of benzene rings is 1. The highest BCUT2D eigenvalue weighted by molar-refractivity contribution is 5.81. The maximum Gasteiger partial charge on any atom is 0.0754 e. The zero-order valence-corrected chi connectivity index (χ0v) is 11.5. The number of aromatic nitrogens is 2. The first-order valence-corrected chi connectivity index (χ1v) is 6.89. The van der Waals surface area contributed by atoms with Crippen molar-refractivity contribution >= 4 is 10.9 Å². The predicted molar refractivity (Wildman–Crippen MR) is 75.9 cm³/mol. The Balaban J connectivity index is 1.84. The number of fused-ring (bicyclic) bond motifs is 1. The van der Waals surface area contributed by atoms with Gasteiger partial charge in [0, 0.05) is 32.0 Å². The molecule has 4 heteroatoms. The molecule has 2 unspecified atom stereocenters. The summed E-state index contributed by atoms with van der Waals surface area (Å²) in [6, 6.07) is 8.31. The predicted octanol–water partition coefficient (Wildman–Crippen LogP) is 1.87. The summed E-state index contributed by atoms with van der Waals surface area (Å²) in [7, 11) is 3.74. The molecule has 0 aliphatic heterocycles. The highest BCUT2D eigenvalue weighted by atomic mass is 16.5. The first kappa shape index (κ1) is 12.6. The zero-order chi connectivity index (χ0) is 13.4. The third-order valence-electron chi connectivity index (χ3n) is 4.04. The summed E-state index contributed by atoms with van der Waals surface area (Å²) in [6.07, 6.45) is 3.43. The first-order chi connectivity index (χ1) is 9.20. The smallest absolute Gasteiger partial charge is 0.0754 e. The van der Waals surface area contributed by atoms with E-state index in [1.807, 2.05) is 23.9 Å². The molecule has 2 N–H and O–H groups in total. The highest BCUT2D eigenvalue weighted by Crippen LogP contribution is 2.36. The van der Waals surface area contributed by atoms with Gasteiger partial charge in [-0.2, -0.15) is 5.10 Å². The van der Waals surface area contributed by atoms with E-state index in [9.17, 15) is 0 Å². The van der Waals surface area contributed by atoms with Crippen LogP contribution in [-0.2, 0) is 18.2 Å². The molecule has 2 atom stereocenters. The van der Waals surface area contributed by atoms with Crippen LogP contribution in [0.1, 0.15) is 18.5 Å². The van der Waals surface area contributed by atoms with E-state index >= 15 is 0 Å².